The third kappa shape index (κ3) is 3.93. The van der Waals surface area contributed by atoms with Crippen molar-refractivity contribution >= 4 is 17.7 Å². The van der Waals surface area contributed by atoms with Gasteiger partial charge in [0, 0.05) is 0 Å². The molecule has 0 spiro atoms. The summed E-state index contributed by atoms with van der Waals surface area (Å²) in [6, 6.07) is 20.5. The zero-order valence-corrected chi connectivity index (χ0v) is 15.8. The van der Waals surface area contributed by atoms with Crippen LogP contribution in [0.5, 0.6) is 0 Å². The van der Waals surface area contributed by atoms with Crippen LogP contribution in [0.4, 0.5) is 4.39 Å². The SMILES string of the molecule is Cc1ccc(CCc2ccc(C)c(/C=C3\C=Cc4cc(F)ccc43)c2)cc1. The number of hydrogen-bond donors (Lipinski definition) is 0. The highest BCUT2D eigenvalue weighted by molar-refractivity contribution is 5.97. The second-order valence-corrected chi connectivity index (χ2v) is 7.34. The lowest BCUT2D eigenvalue weighted by Gasteiger charge is -2.08. The van der Waals surface area contributed by atoms with E-state index in [4.69, 9.17) is 0 Å². The summed E-state index contributed by atoms with van der Waals surface area (Å²) < 4.78 is 13.4. The Morgan fingerprint density at radius 1 is 0.778 bits per heavy atom. The molecule has 0 aliphatic heterocycles. The minimum Gasteiger partial charge on any atom is -0.207 e. The quantitative estimate of drug-likeness (QED) is 0.483. The van der Waals surface area contributed by atoms with Gasteiger partial charge in [-0.2, -0.15) is 0 Å². The molecule has 3 aromatic carbocycles. The summed E-state index contributed by atoms with van der Waals surface area (Å²) in [7, 11) is 0. The molecule has 27 heavy (non-hydrogen) atoms. The second-order valence-electron chi connectivity index (χ2n) is 7.34. The predicted molar refractivity (Wildman–Crippen MR) is 113 cm³/mol. The summed E-state index contributed by atoms with van der Waals surface area (Å²) in [5, 5.41) is 0. The Morgan fingerprint density at radius 3 is 2.33 bits per heavy atom. The summed E-state index contributed by atoms with van der Waals surface area (Å²) in [5.74, 6) is -0.186. The molecule has 0 fully saturated rings. The van der Waals surface area contributed by atoms with E-state index in [0.29, 0.717) is 0 Å². The number of rotatable bonds is 4. The predicted octanol–water partition coefficient (Wildman–Crippen LogP) is 6.80. The molecule has 0 unspecified atom stereocenters. The molecular formula is C26H23F. The minimum atomic E-state index is -0.186. The smallest absolute Gasteiger partial charge is 0.123 e. The molecule has 0 nitrogen and oxygen atoms in total. The molecule has 4 rings (SSSR count). The van der Waals surface area contributed by atoms with E-state index < -0.39 is 0 Å². The molecule has 134 valence electrons. The first kappa shape index (κ1) is 17.5. The Kier molecular flexibility index (Phi) is 4.77. The van der Waals surface area contributed by atoms with Crippen molar-refractivity contribution in [3.8, 4) is 0 Å². The maximum absolute atomic E-state index is 13.4. The summed E-state index contributed by atoms with van der Waals surface area (Å²) in [6.45, 7) is 4.26. The Balaban J connectivity index is 1.57. The van der Waals surface area contributed by atoms with Gasteiger partial charge in [-0.15, -0.1) is 0 Å². The van der Waals surface area contributed by atoms with Crippen molar-refractivity contribution in [1.29, 1.82) is 0 Å². The van der Waals surface area contributed by atoms with Gasteiger partial charge < -0.3 is 0 Å². The van der Waals surface area contributed by atoms with Crippen molar-refractivity contribution in [2.45, 2.75) is 26.7 Å². The van der Waals surface area contributed by atoms with Gasteiger partial charge in [0.25, 0.3) is 0 Å². The van der Waals surface area contributed by atoms with Crippen LogP contribution < -0.4 is 0 Å². The van der Waals surface area contributed by atoms with Crippen molar-refractivity contribution < 1.29 is 4.39 Å². The van der Waals surface area contributed by atoms with Gasteiger partial charge in [-0.05, 0) is 83.9 Å². The fourth-order valence-electron chi connectivity index (χ4n) is 3.54. The van der Waals surface area contributed by atoms with Crippen LogP contribution >= 0.6 is 0 Å². The fourth-order valence-corrected chi connectivity index (χ4v) is 3.54. The van der Waals surface area contributed by atoms with Gasteiger partial charge in [0.05, 0.1) is 0 Å². The number of fused-ring (bicyclic) bond motifs is 1. The molecule has 0 saturated heterocycles. The topological polar surface area (TPSA) is 0 Å². The van der Waals surface area contributed by atoms with Crippen molar-refractivity contribution in [3.05, 3.63) is 112 Å². The van der Waals surface area contributed by atoms with Gasteiger partial charge in [0.15, 0.2) is 0 Å². The van der Waals surface area contributed by atoms with Gasteiger partial charge in [0.2, 0.25) is 0 Å². The average molecular weight is 354 g/mol. The lowest BCUT2D eigenvalue weighted by Crippen LogP contribution is -1.93. The van der Waals surface area contributed by atoms with E-state index in [2.05, 4.69) is 68.5 Å². The molecule has 1 heteroatoms. The zero-order valence-electron chi connectivity index (χ0n) is 15.8. The molecule has 1 aliphatic rings. The van der Waals surface area contributed by atoms with E-state index in [-0.39, 0.29) is 5.82 Å². The Morgan fingerprint density at radius 2 is 1.52 bits per heavy atom. The van der Waals surface area contributed by atoms with Crippen molar-refractivity contribution in [3.63, 3.8) is 0 Å². The van der Waals surface area contributed by atoms with Crippen LogP contribution in [-0.4, -0.2) is 0 Å². The van der Waals surface area contributed by atoms with E-state index in [9.17, 15) is 4.39 Å². The van der Waals surface area contributed by atoms with Crippen LogP contribution in [0.2, 0.25) is 0 Å². The highest BCUT2D eigenvalue weighted by atomic mass is 19.1. The lowest BCUT2D eigenvalue weighted by atomic mass is 9.97. The molecule has 0 aromatic heterocycles. The molecule has 0 heterocycles. The zero-order chi connectivity index (χ0) is 18.8. The van der Waals surface area contributed by atoms with E-state index in [1.54, 1.807) is 6.07 Å². The van der Waals surface area contributed by atoms with Crippen LogP contribution in [0.25, 0.3) is 17.7 Å². The van der Waals surface area contributed by atoms with Crippen LogP contribution in [0.1, 0.15) is 38.9 Å². The van der Waals surface area contributed by atoms with Gasteiger partial charge in [-0.3, -0.25) is 0 Å². The summed E-state index contributed by atoms with van der Waals surface area (Å²) in [5.41, 5.74) is 9.69. The molecule has 0 N–H and O–H groups in total. The average Bonchev–Trinajstić information content (AvgIpc) is 3.05. The summed E-state index contributed by atoms with van der Waals surface area (Å²) in [4.78, 5) is 0. The Bertz CT molecular complexity index is 1040. The van der Waals surface area contributed by atoms with E-state index in [1.807, 2.05) is 12.1 Å². The van der Waals surface area contributed by atoms with Crippen LogP contribution in [-0.2, 0) is 12.8 Å². The van der Waals surface area contributed by atoms with Gasteiger partial charge in [0.1, 0.15) is 5.82 Å². The standard InChI is InChI=1S/C26H23F/c1-18-3-6-20(7-4-18)9-10-21-8-5-19(2)24(15-21)16-22-11-12-23-17-25(27)13-14-26(22)23/h3-8,11-17H,9-10H2,1-2H3/b22-16+. The maximum Gasteiger partial charge on any atom is 0.123 e. The monoisotopic (exact) mass is 354 g/mol. The van der Waals surface area contributed by atoms with E-state index >= 15 is 0 Å². The number of hydrogen-bond acceptors (Lipinski definition) is 0. The Hall–Kier alpha value is -2.93. The summed E-state index contributed by atoms with van der Waals surface area (Å²) in [6.07, 6.45) is 8.34. The first-order chi connectivity index (χ1) is 13.1. The number of allylic oxidation sites excluding steroid dienone is 2. The van der Waals surface area contributed by atoms with Gasteiger partial charge in [-0.1, -0.05) is 66.2 Å². The van der Waals surface area contributed by atoms with Crippen LogP contribution in [0.15, 0.2) is 66.7 Å². The molecule has 1 aliphatic carbocycles. The van der Waals surface area contributed by atoms with Gasteiger partial charge >= 0.3 is 0 Å². The summed E-state index contributed by atoms with van der Waals surface area (Å²) >= 11 is 0. The number of benzene rings is 3. The third-order valence-electron chi connectivity index (χ3n) is 5.24. The fraction of sp³-hybridized carbons (Fsp3) is 0.154. The first-order valence-corrected chi connectivity index (χ1v) is 9.43. The van der Waals surface area contributed by atoms with Crippen LogP contribution in [0, 0.1) is 19.7 Å². The molecular weight excluding hydrogens is 331 g/mol. The first-order valence-electron chi connectivity index (χ1n) is 9.43. The van der Waals surface area contributed by atoms with E-state index in [1.165, 1.54) is 33.9 Å². The molecule has 0 amide bonds. The normalized spacial score (nSPS) is 14.0. The second kappa shape index (κ2) is 7.36. The number of aryl methyl sites for hydroxylation is 4. The molecule has 0 saturated carbocycles. The third-order valence-corrected chi connectivity index (χ3v) is 5.24. The molecule has 0 bridgehead atoms. The van der Waals surface area contributed by atoms with E-state index in [0.717, 1.165) is 29.5 Å². The maximum atomic E-state index is 13.4. The minimum absolute atomic E-state index is 0.186. The van der Waals surface area contributed by atoms with Crippen molar-refractivity contribution in [1.82, 2.24) is 0 Å². The molecule has 0 radical (unpaired) electrons. The van der Waals surface area contributed by atoms with Crippen molar-refractivity contribution in [2.24, 2.45) is 0 Å². The largest absolute Gasteiger partial charge is 0.207 e. The molecule has 3 aromatic rings. The van der Waals surface area contributed by atoms with Gasteiger partial charge in [-0.25, -0.2) is 4.39 Å². The highest BCUT2D eigenvalue weighted by Gasteiger charge is 2.11. The van der Waals surface area contributed by atoms with Crippen LogP contribution in [0.3, 0.4) is 0 Å². The Labute approximate surface area is 160 Å². The van der Waals surface area contributed by atoms with Crippen molar-refractivity contribution in [2.75, 3.05) is 0 Å². The highest BCUT2D eigenvalue weighted by Crippen LogP contribution is 2.32. The number of halogens is 1. The lowest BCUT2D eigenvalue weighted by molar-refractivity contribution is 0.627. The molecule has 0 atom stereocenters.